The van der Waals surface area contributed by atoms with Gasteiger partial charge >= 0.3 is 6.85 Å². The second-order valence-corrected chi connectivity index (χ2v) is 17.6. The van der Waals surface area contributed by atoms with Gasteiger partial charge in [0.15, 0.2) is 0 Å². The van der Waals surface area contributed by atoms with Crippen LogP contribution in [-0.4, -0.2) is 11.4 Å². The topological polar surface area (TPSA) is 21.3 Å². The number of aryl methyl sites for hydroxylation is 2. The van der Waals surface area contributed by atoms with Gasteiger partial charge in [0.25, 0.3) is 0 Å². The van der Waals surface area contributed by atoms with Gasteiger partial charge in [0.05, 0.1) is 16.4 Å². The number of anilines is 2. The molecule has 0 atom stereocenters. The van der Waals surface area contributed by atoms with Crippen molar-refractivity contribution in [2.75, 3.05) is 4.81 Å². The van der Waals surface area contributed by atoms with Gasteiger partial charge < -0.3 is 13.8 Å². The Morgan fingerprint density at radius 1 is 0.557 bits per heavy atom. The summed E-state index contributed by atoms with van der Waals surface area (Å²) >= 11 is 0. The lowest BCUT2D eigenvalue weighted by molar-refractivity contribution is 0.670. The zero-order valence-electron chi connectivity index (χ0n) is 34.7. The Morgan fingerprint density at radius 2 is 1.25 bits per heavy atom. The van der Waals surface area contributed by atoms with E-state index in [0.29, 0.717) is 0 Å². The molecule has 0 saturated carbocycles. The number of fused-ring (bicyclic) bond motifs is 13. The third-order valence-corrected chi connectivity index (χ3v) is 14.3. The summed E-state index contributed by atoms with van der Waals surface area (Å²) in [4.78, 5) is 2.75. The minimum atomic E-state index is -0.570. The monoisotopic (exact) mass is 784 g/mol. The standard InChI is InChI=1S/C57H45BN2O/c1-3-5-18-36-30-31-48-42(32-36)43-33-37(19-6-4-2)34-47-55(43)59(48)50-35-44-40-24-13-16-29-51(40)61-56(44)52-41-25-17-27-46-54(41)60(58(47)53(50)52)49-28-15-14-26-45(49)57(46,38-20-9-7-10-21-38)39-22-11-8-12-23-39/h7-17,20-35H,3-6,18-19H2,1-2H3. The van der Waals surface area contributed by atoms with Gasteiger partial charge in [-0.15, -0.1) is 0 Å². The first kappa shape index (κ1) is 35.0. The number of benzene rings is 8. The maximum Gasteiger partial charge on any atom is 0.333 e. The van der Waals surface area contributed by atoms with E-state index in [1.807, 2.05) is 0 Å². The Balaban J connectivity index is 1.24. The Bertz CT molecular complexity index is 3370. The maximum atomic E-state index is 7.13. The molecule has 0 radical (unpaired) electrons. The number of furan rings is 1. The second kappa shape index (κ2) is 13.1. The van der Waals surface area contributed by atoms with E-state index in [1.165, 1.54) is 113 Å². The zero-order chi connectivity index (χ0) is 40.4. The second-order valence-electron chi connectivity index (χ2n) is 17.6. The summed E-state index contributed by atoms with van der Waals surface area (Å²) in [6, 6.07) is 62.3. The normalized spacial score (nSPS) is 14.2. The van der Waals surface area contributed by atoms with E-state index in [1.54, 1.807) is 0 Å². The molecule has 2 aromatic heterocycles. The van der Waals surface area contributed by atoms with Gasteiger partial charge in [0, 0.05) is 49.7 Å². The van der Waals surface area contributed by atoms with Gasteiger partial charge in [-0.1, -0.05) is 154 Å². The lowest BCUT2D eigenvalue weighted by atomic mass is 9.42. The molecule has 3 aliphatic rings. The summed E-state index contributed by atoms with van der Waals surface area (Å²) < 4.78 is 9.76. The summed E-state index contributed by atoms with van der Waals surface area (Å²) in [5.41, 5.74) is 20.8. The highest BCUT2D eigenvalue weighted by atomic mass is 16.3. The smallest absolute Gasteiger partial charge is 0.333 e. The predicted octanol–water partition coefficient (Wildman–Crippen LogP) is 13.3. The molecular weight excluding hydrogens is 739 g/mol. The fourth-order valence-corrected chi connectivity index (χ4v) is 11.8. The van der Waals surface area contributed by atoms with E-state index >= 15 is 0 Å². The van der Waals surface area contributed by atoms with Crippen LogP contribution < -0.4 is 15.7 Å². The lowest BCUT2D eigenvalue weighted by Crippen LogP contribution is -2.62. The fraction of sp³-hybridized carbons (Fsp3) is 0.158. The Morgan fingerprint density at radius 3 is 2.03 bits per heavy atom. The molecule has 0 unspecified atom stereocenters. The van der Waals surface area contributed by atoms with Crippen LogP contribution in [0, 0.1) is 0 Å². The highest BCUT2D eigenvalue weighted by Crippen LogP contribution is 2.60. The SMILES string of the molecule is CCCCc1ccc2c(c1)c1cc(CCCC)cc3c1n2-c1cc2c(oc4ccccc42)c2c1B3N1c3ccccc3C(c3ccccc3)(c3ccccc3)c3cccc-2c31. The van der Waals surface area contributed by atoms with Gasteiger partial charge in [-0.2, -0.15) is 0 Å². The van der Waals surface area contributed by atoms with Crippen LogP contribution in [-0.2, 0) is 18.3 Å². The number of hydrogen-bond acceptors (Lipinski definition) is 2. The number of para-hydroxylation sites is 3. The number of rotatable bonds is 8. The van der Waals surface area contributed by atoms with E-state index in [4.69, 9.17) is 4.42 Å². The van der Waals surface area contributed by atoms with Crippen molar-refractivity contribution in [3.8, 4) is 16.8 Å². The van der Waals surface area contributed by atoms with Crippen molar-refractivity contribution in [3.63, 3.8) is 0 Å². The summed E-state index contributed by atoms with van der Waals surface area (Å²) in [6.45, 7) is 4.51. The quantitative estimate of drug-likeness (QED) is 0.143. The average molecular weight is 785 g/mol. The largest absolute Gasteiger partial charge is 0.455 e. The molecule has 292 valence electrons. The molecular formula is C57H45BN2O. The molecule has 0 spiro atoms. The zero-order valence-corrected chi connectivity index (χ0v) is 34.7. The molecule has 3 nitrogen and oxygen atoms in total. The molecule has 10 aromatic rings. The molecule has 0 bridgehead atoms. The lowest BCUT2D eigenvalue weighted by Gasteiger charge is -2.51. The van der Waals surface area contributed by atoms with Crippen LogP contribution in [0.15, 0.2) is 168 Å². The van der Waals surface area contributed by atoms with Crippen molar-refractivity contribution < 1.29 is 4.42 Å². The highest BCUT2D eigenvalue weighted by Gasteiger charge is 2.53. The molecule has 4 heteroatoms. The van der Waals surface area contributed by atoms with Crippen LogP contribution in [0.2, 0.25) is 0 Å². The first-order valence-corrected chi connectivity index (χ1v) is 22.4. The first-order valence-electron chi connectivity index (χ1n) is 22.4. The molecule has 0 amide bonds. The van der Waals surface area contributed by atoms with Crippen LogP contribution in [0.1, 0.15) is 72.9 Å². The maximum absolute atomic E-state index is 7.13. The summed E-state index contributed by atoms with van der Waals surface area (Å²) in [5.74, 6) is 0. The van der Waals surface area contributed by atoms with E-state index in [0.717, 1.165) is 42.2 Å². The molecule has 61 heavy (non-hydrogen) atoms. The minimum absolute atomic E-state index is 0.0950. The van der Waals surface area contributed by atoms with Crippen molar-refractivity contribution in [3.05, 3.63) is 197 Å². The van der Waals surface area contributed by atoms with Crippen LogP contribution in [0.3, 0.4) is 0 Å². The van der Waals surface area contributed by atoms with E-state index < -0.39 is 5.41 Å². The van der Waals surface area contributed by atoms with Crippen molar-refractivity contribution in [1.29, 1.82) is 0 Å². The van der Waals surface area contributed by atoms with Crippen LogP contribution >= 0.6 is 0 Å². The Hall–Kier alpha value is -6.78. The van der Waals surface area contributed by atoms with Gasteiger partial charge in [-0.25, -0.2) is 0 Å². The molecule has 3 aliphatic heterocycles. The molecule has 0 aliphatic carbocycles. The van der Waals surface area contributed by atoms with E-state index in [2.05, 4.69) is 187 Å². The van der Waals surface area contributed by atoms with Crippen LogP contribution in [0.5, 0.6) is 0 Å². The third-order valence-electron chi connectivity index (χ3n) is 14.3. The molecule has 5 heterocycles. The summed E-state index contributed by atoms with van der Waals surface area (Å²) in [6.07, 6.45) is 6.86. The summed E-state index contributed by atoms with van der Waals surface area (Å²) in [5, 5.41) is 5.05. The molecule has 13 rings (SSSR count). The van der Waals surface area contributed by atoms with Gasteiger partial charge in [-0.05, 0) is 106 Å². The van der Waals surface area contributed by atoms with Crippen LogP contribution in [0.25, 0.3) is 60.6 Å². The number of unbranched alkanes of at least 4 members (excludes halogenated alkanes) is 2. The van der Waals surface area contributed by atoms with Gasteiger partial charge in [0.1, 0.15) is 11.2 Å². The molecule has 0 N–H and O–H groups in total. The number of hydrogen-bond donors (Lipinski definition) is 0. The number of aromatic nitrogens is 1. The average Bonchev–Trinajstić information content (AvgIpc) is 3.85. The van der Waals surface area contributed by atoms with Gasteiger partial charge in [-0.3, -0.25) is 0 Å². The molecule has 0 saturated heterocycles. The summed E-state index contributed by atoms with van der Waals surface area (Å²) in [7, 11) is 0. The highest BCUT2D eigenvalue weighted by molar-refractivity contribution is 6.94. The Labute approximate surface area is 357 Å². The van der Waals surface area contributed by atoms with Crippen LogP contribution in [0.4, 0.5) is 11.4 Å². The van der Waals surface area contributed by atoms with Crippen molar-refractivity contribution in [2.45, 2.75) is 57.8 Å². The van der Waals surface area contributed by atoms with Crippen molar-refractivity contribution in [1.82, 2.24) is 4.57 Å². The Kier molecular flexibility index (Phi) is 7.53. The van der Waals surface area contributed by atoms with Crippen molar-refractivity contribution in [2.24, 2.45) is 0 Å². The first-order chi connectivity index (χ1) is 30.2. The van der Waals surface area contributed by atoms with E-state index in [9.17, 15) is 0 Å². The van der Waals surface area contributed by atoms with E-state index in [-0.39, 0.29) is 6.85 Å². The predicted molar refractivity (Wildman–Crippen MR) is 256 cm³/mol. The minimum Gasteiger partial charge on any atom is -0.455 e. The van der Waals surface area contributed by atoms with Gasteiger partial charge in [0.2, 0.25) is 0 Å². The third kappa shape index (κ3) is 4.60. The number of nitrogens with zero attached hydrogens (tertiary/aromatic N) is 2. The molecule has 8 aromatic carbocycles. The van der Waals surface area contributed by atoms with Crippen molar-refractivity contribution >= 4 is 72.9 Å². The molecule has 0 fully saturated rings. The fourth-order valence-electron chi connectivity index (χ4n) is 11.8.